The van der Waals surface area contributed by atoms with Gasteiger partial charge in [0.15, 0.2) is 0 Å². The SMILES string of the molecule is CC1CC(NC(=O)CC2CN(C)C2)CN(c2ccc(C#N)c3nccnc23)C1. The van der Waals surface area contributed by atoms with Gasteiger partial charge in [0.25, 0.3) is 0 Å². The van der Waals surface area contributed by atoms with Gasteiger partial charge in [0.2, 0.25) is 5.91 Å². The highest BCUT2D eigenvalue weighted by molar-refractivity contribution is 5.92. The number of hydrogen-bond donors (Lipinski definition) is 1. The fraction of sp³-hybridized carbons (Fsp3) is 0.524. The van der Waals surface area contributed by atoms with E-state index in [0.29, 0.717) is 29.3 Å². The number of rotatable bonds is 4. The van der Waals surface area contributed by atoms with Gasteiger partial charge in [-0.25, -0.2) is 0 Å². The van der Waals surface area contributed by atoms with Gasteiger partial charge in [-0.2, -0.15) is 5.26 Å². The average molecular weight is 378 g/mol. The number of fused-ring (bicyclic) bond motifs is 1. The van der Waals surface area contributed by atoms with Crippen LogP contribution in [0.15, 0.2) is 24.5 Å². The van der Waals surface area contributed by atoms with Crippen molar-refractivity contribution < 1.29 is 4.79 Å². The number of benzene rings is 1. The summed E-state index contributed by atoms with van der Waals surface area (Å²) >= 11 is 0. The minimum Gasteiger partial charge on any atom is -0.367 e. The van der Waals surface area contributed by atoms with Crippen molar-refractivity contribution in [1.82, 2.24) is 20.2 Å². The number of nitrogens with zero attached hydrogens (tertiary/aromatic N) is 5. The summed E-state index contributed by atoms with van der Waals surface area (Å²) in [5.74, 6) is 1.10. The Hall–Kier alpha value is -2.72. The number of aromatic nitrogens is 2. The lowest BCUT2D eigenvalue weighted by Gasteiger charge is -2.39. The molecule has 1 aromatic carbocycles. The van der Waals surface area contributed by atoms with Crippen LogP contribution in [-0.4, -0.2) is 60.0 Å². The van der Waals surface area contributed by atoms with Gasteiger partial charge in [-0.3, -0.25) is 14.8 Å². The molecule has 1 aromatic heterocycles. The number of anilines is 1. The van der Waals surface area contributed by atoms with Crippen molar-refractivity contribution in [3.8, 4) is 6.07 Å². The molecule has 2 saturated heterocycles. The van der Waals surface area contributed by atoms with Gasteiger partial charge in [-0.15, -0.1) is 0 Å². The van der Waals surface area contributed by atoms with Crippen molar-refractivity contribution in [2.24, 2.45) is 11.8 Å². The maximum absolute atomic E-state index is 12.5. The topological polar surface area (TPSA) is 85.2 Å². The summed E-state index contributed by atoms with van der Waals surface area (Å²) in [6.07, 6.45) is 4.87. The Morgan fingerprint density at radius 1 is 1.21 bits per heavy atom. The summed E-state index contributed by atoms with van der Waals surface area (Å²) in [5.41, 5.74) is 2.90. The van der Waals surface area contributed by atoms with Crippen LogP contribution in [0.3, 0.4) is 0 Å². The van der Waals surface area contributed by atoms with E-state index in [0.717, 1.165) is 43.8 Å². The van der Waals surface area contributed by atoms with Crippen LogP contribution >= 0.6 is 0 Å². The number of nitriles is 1. The Bertz CT molecular complexity index is 917. The molecule has 4 rings (SSSR count). The molecule has 7 heteroatoms. The molecular weight excluding hydrogens is 352 g/mol. The lowest BCUT2D eigenvalue weighted by Crippen LogP contribution is -2.52. The third kappa shape index (κ3) is 3.78. The third-order valence-electron chi connectivity index (χ3n) is 5.70. The van der Waals surface area contributed by atoms with Crippen molar-refractivity contribution in [3.63, 3.8) is 0 Å². The first-order valence-corrected chi connectivity index (χ1v) is 9.90. The molecule has 146 valence electrons. The Balaban J connectivity index is 1.50. The first kappa shape index (κ1) is 18.6. The van der Waals surface area contributed by atoms with Crippen molar-refractivity contribution >= 4 is 22.6 Å². The van der Waals surface area contributed by atoms with Gasteiger partial charge in [0, 0.05) is 51.0 Å². The zero-order chi connectivity index (χ0) is 19.7. The second-order valence-corrected chi connectivity index (χ2v) is 8.30. The zero-order valence-electron chi connectivity index (χ0n) is 16.4. The largest absolute Gasteiger partial charge is 0.367 e. The second-order valence-electron chi connectivity index (χ2n) is 8.30. The Morgan fingerprint density at radius 3 is 2.68 bits per heavy atom. The molecule has 1 amide bonds. The minimum atomic E-state index is 0.122. The van der Waals surface area contributed by atoms with Gasteiger partial charge in [0.1, 0.15) is 17.1 Å². The standard InChI is InChI=1S/C21H26N6O/c1-14-7-17(25-19(28)8-15-11-26(2)12-15)13-27(10-14)18-4-3-16(9-22)20-21(18)24-6-5-23-20/h3-6,14-15,17H,7-8,10-13H2,1-2H3,(H,25,28). The number of carbonyl (C=O) groups excluding carboxylic acids is 1. The smallest absolute Gasteiger partial charge is 0.220 e. The van der Waals surface area contributed by atoms with Gasteiger partial charge in [-0.05, 0) is 37.4 Å². The quantitative estimate of drug-likeness (QED) is 0.873. The van der Waals surface area contributed by atoms with Crippen LogP contribution in [-0.2, 0) is 4.79 Å². The highest BCUT2D eigenvalue weighted by Crippen LogP contribution is 2.30. The second kappa shape index (κ2) is 7.72. The van der Waals surface area contributed by atoms with Crippen LogP contribution in [0.4, 0.5) is 5.69 Å². The van der Waals surface area contributed by atoms with Crippen LogP contribution in [0, 0.1) is 23.2 Å². The van der Waals surface area contributed by atoms with Crippen LogP contribution in [0.5, 0.6) is 0 Å². The van der Waals surface area contributed by atoms with Crippen molar-refractivity contribution in [2.75, 3.05) is 38.1 Å². The molecule has 0 radical (unpaired) electrons. The van der Waals surface area contributed by atoms with Gasteiger partial charge < -0.3 is 15.1 Å². The molecule has 2 fully saturated rings. The summed E-state index contributed by atoms with van der Waals surface area (Å²) in [4.78, 5) is 25.8. The molecule has 2 aliphatic rings. The predicted molar refractivity (Wildman–Crippen MR) is 108 cm³/mol. The molecule has 0 saturated carbocycles. The van der Waals surface area contributed by atoms with Gasteiger partial charge in [0.05, 0.1) is 11.3 Å². The summed E-state index contributed by atoms with van der Waals surface area (Å²) in [6, 6.07) is 6.08. The number of piperidine rings is 1. The first-order chi connectivity index (χ1) is 13.5. The van der Waals surface area contributed by atoms with Crippen molar-refractivity contribution in [3.05, 3.63) is 30.1 Å². The molecule has 2 unspecified atom stereocenters. The number of nitrogens with one attached hydrogen (secondary N) is 1. The van der Waals surface area contributed by atoms with Crippen LogP contribution in [0.1, 0.15) is 25.3 Å². The first-order valence-electron chi connectivity index (χ1n) is 9.90. The fourth-order valence-corrected chi connectivity index (χ4v) is 4.55. The van der Waals surface area contributed by atoms with E-state index in [9.17, 15) is 10.1 Å². The minimum absolute atomic E-state index is 0.122. The maximum Gasteiger partial charge on any atom is 0.220 e. The fourth-order valence-electron chi connectivity index (χ4n) is 4.55. The summed E-state index contributed by atoms with van der Waals surface area (Å²) in [6.45, 7) is 5.88. The van der Waals surface area contributed by atoms with E-state index in [2.05, 4.69) is 45.1 Å². The summed E-state index contributed by atoms with van der Waals surface area (Å²) in [7, 11) is 2.08. The predicted octanol–water partition coefficient (Wildman–Crippen LogP) is 1.78. The summed E-state index contributed by atoms with van der Waals surface area (Å²) < 4.78 is 0. The van der Waals surface area contributed by atoms with E-state index in [1.54, 1.807) is 12.4 Å². The Kier molecular flexibility index (Phi) is 5.14. The highest BCUT2D eigenvalue weighted by Gasteiger charge is 2.30. The molecule has 3 heterocycles. The maximum atomic E-state index is 12.5. The molecule has 0 spiro atoms. The molecular formula is C21H26N6O. The van der Waals surface area contributed by atoms with Crippen molar-refractivity contribution in [2.45, 2.75) is 25.8 Å². The molecule has 2 atom stereocenters. The van der Waals surface area contributed by atoms with E-state index in [-0.39, 0.29) is 11.9 Å². The highest BCUT2D eigenvalue weighted by atomic mass is 16.1. The monoisotopic (exact) mass is 378 g/mol. The molecule has 28 heavy (non-hydrogen) atoms. The average Bonchev–Trinajstić information content (AvgIpc) is 2.65. The van der Waals surface area contributed by atoms with Crippen LogP contribution in [0.2, 0.25) is 0 Å². The number of hydrogen-bond acceptors (Lipinski definition) is 6. The van der Waals surface area contributed by atoms with E-state index < -0.39 is 0 Å². The van der Waals surface area contributed by atoms with E-state index >= 15 is 0 Å². The lowest BCUT2D eigenvalue weighted by molar-refractivity contribution is -0.124. The van der Waals surface area contributed by atoms with Gasteiger partial charge >= 0.3 is 0 Å². The van der Waals surface area contributed by atoms with Gasteiger partial charge in [-0.1, -0.05) is 6.92 Å². The Morgan fingerprint density at radius 2 is 1.96 bits per heavy atom. The molecule has 2 aromatic rings. The molecule has 2 aliphatic heterocycles. The van der Waals surface area contributed by atoms with E-state index in [4.69, 9.17) is 0 Å². The number of amides is 1. The van der Waals surface area contributed by atoms with E-state index in [1.807, 2.05) is 12.1 Å². The third-order valence-corrected chi connectivity index (χ3v) is 5.70. The van der Waals surface area contributed by atoms with E-state index in [1.165, 1.54) is 0 Å². The molecule has 1 N–H and O–H groups in total. The van der Waals surface area contributed by atoms with Crippen LogP contribution in [0.25, 0.3) is 11.0 Å². The number of carbonyl (C=O) groups is 1. The molecule has 7 nitrogen and oxygen atoms in total. The van der Waals surface area contributed by atoms with Crippen LogP contribution < -0.4 is 10.2 Å². The zero-order valence-corrected chi connectivity index (χ0v) is 16.4. The number of likely N-dealkylation sites (tertiary alicyclic amines) is 1. The molecule has 0 bridgehead atoms. The normalized spacial score (nSPS) is 23.2. The molecule has 0 aliphatic carbocycles. The lowest BCUT2D eigenvalue weighted by atomic mass is 9.93. The summed E-state index contributed by atoms with van der Waals surface area (Å²) in [5, 5.41) is 12.6. The van der Waals surface area contributed by atoms with Crippen molar-refractivity contribution in [1.29, 1.82) is 5.26 Å². The Labute approximate surface area is 165 Å².